The first-order valence-electron chi connectivity index (χ1n) is 7.47. The molecule has 25 heavy (non-hydrogen) atoms. The lowest BCUT2D eigenvalue weighted by atomic mass is 10.2. The number of nitriles is 1. The highest BCUT2D eigenvalue weighted by molar-refractivity contribution is 8.00. The number of hydrazine groups is 1. The normalized spacial score (nSPS) is 9.76. The van der Waals surface area contributed by atoms with Gasteiger partial charge in [-0.3, -0.25) is 20.4 Å². The third-order valence-corrected chi connectivity index (χ3v) is 4.32. The summed E-state index contributed by atoms with van der Waals surface area (Å²) in [7, 11) is 0. The van der Waals surface area contributed by atoms with Gasteiger partial charge in [0.15, 0.2) is 6.61 Å². The summed E-state index contributed by atoms with van der Waals surface area (Å²) in [5.74, 6) is -0.115. The van der Waals surface area contributed by atoms with Gasteiger partial charge in [0.2, 0.25) is 5.91 Å². The van der Waals surface area contributed by atoms with E-state index < -0.39 is 5.91 Å². The molecule has 0 fully saturated rings. The minimum Gasteiger partial charge on any atom is -0.484 e. The van der Waals surface area contributed by atoms with Crippen molar-refractivity contribution in [3.63, 3.8) is 0 Å². The third kappa shape index (κ3) is 6.20. The molecular formula is C18H17N3O3S. The molecule has 0 aromatic heterocycles. The summed E-state index contributed by atoms with van der Waals surface area (Å²) in [6.45, 7) is 1.74. The Kier molecular flexibility index (Phi) is 6.87. The van der Waals surface area contributed by atoms with Crippen molar-refractivity contribution >= 4 is 23.6 Å². The predicted molar refractivity (Wildman–Crippen MR) is 94.8 cm³/mol. The van der Waals surface area contributed by atoms with E-state index in [0.717, 1.165) is 10.5 Å². The molecule has 7 heteroatoms. The van der Waals surface area contributed by atoms with Crippen molar-refractivity contribution in [3.8, 4) is 11.8 Å². The maximum atomic E-state index is 11.8. The number of aryl methyl sites for hydroxylation is 1. The van der Waals surface area contributed by atoms with Crippen LogP contribution in [0.5, 0.6) is 5.75 Å². The van der Waals surface area contributed by atoms with Gasteiger partial charge in [-0.2, -0.15) is 5.26 Å². The molecule has 0 unspecified atom stereocenters. The second-order valence-corrected chi connectivity index (χ2v) is 6.09. The Morgan fingerprint density at radius 3 is 2.44 bits per heavy atom. The molecule has 0 aliphatic rings. The van der Waals surface area contributed by atoms with E-state index in [9.17, 15) is 9.59 Å². The molecule has 0 spiro atoms. The number of ether oxygens (including phenoxy) is 1. The highest BCUT2D eigenvalue weighted by Gasteiger charge is 2.07. The van der Waals surface area contributed by atoms with Crippen LogP contribution in [0.15, 0.2) is 53.4 Å². The molecule has 0 radical (unpaired) electrons. The van der Waals surface area contributed by atoms with E-state index >= 15 is 0 Å². The lowest BCUT2D eigenvalue weighted by Gasteiger charge is -2.09. The van der Waals surface area contributed by atoms with E-state index in [0.29, 0.717) is 11.3 Å². The van der Waals surface area contributed by atoms with Gasteiger partial charge in [0.05, 0.1) is 17.4 Å². The summed E-state index contributed by atoms with van der Waals surface area (Å²) in [6, 6.07) is 16.2. The Morgan fingerprint density at radius 1 is 1.08 bits per heavy atom. The van der Waals surface area contributed by atoms with E-state index in [4.69, 9.17) is 10.00 Å². The van der Waals surface area contributed by atoms with Crippen LogP contribution in [0.25, 0.3) is 0 Å². The lowest BCUT2D eigenvalue weighted by Crippen LogP contribution is -2.44. The molecule has 6 nitrogen and oxygen atoms in total. The van der Waals surface area contributed by atoms with Gasteiger partial charge in [-0.05, 0) is 42.8 Å². The van der Waals surface area contributed by atoms with Crippen LogP contribution < -0.4 is 15.6 Å². The van der Waals surface area contributed by atoms with E-state index in [1.807, 2.05) is 37.3 Å². The van der Waals surface area contributed by atoms with Crippen LogP contribution in [0.1, 0.15) is 11.1 Å². The molecule has 0 aliphatic carbocycles. The van der Waals surface area contributed by atoms with Crippen LogP contribution in [0.3, 0.4) is 0 Å². The van der Waals surface area contributed by atoms with Crippen LogP contribution in [-0.4, -0.2) is 24.2 Å². The van der Waals surface area contributed by atoms with Crippen LogP contribution in [0.4, 0.5) is 0 Å². The molecular weight excluding hydrogens is 338 g/mol. The first-order chi connectivity index (χ1) is 12.1. The van der Waals surface area contributed by atoms with Crippen LogP contribution >= 0.6 is 11.8 Å². The summed E-state index contributed by atoms with van der Waals surface area (Å²) >= 11 is 1.40. The second kappa shape index (κ2) is 9.35. The number of carbonyl (C=O) groups excluding carboxylic acids is 2. The monoisotopic (exact) mass is 355 g/mol. The van der Waals surface area contributed by atoms with Gasteiger partial charge in [-0.15, -0.1) is 11.8 Å². The number of nitrogens with one attached hydrogen (secondary N) is 2. The number of rotatable bonds is 6. The topological polar surface area (TPSA) is 91.2 Å². The van der Waals surface area contributed by atoms with Crippen LogP contribution in [0, 0.1) is 18.3 Å². The molecule has 0 aliphatic heterocycles. The molecule has 2 aromatic rings. The minimum absolute atomic E-state index is 0.196. The zero-order valence-electron chi connectivity index (χ0n) is 13.6. The van der Waals surface area contributed by atoms with E-state index in [1.54, 1.807) is 24.3 Å². The summed E-state index contributed by atoms with van der Waals surface area (Å²) < 4.78 is 5.27. The number of nitrogens with zero attached hydrogens (tertiary/aromatic N) is 1. The van der Waals surface area contributed by atoms with Gasteiger partial charge in [0, 0.05) is 4.90 Å². The van der Waals surface area contributed by atoms with Gasteiger partial charge in [0.25, 0.3) is 5.91 Å². The van der Waals surface area contributed by atoms with E-state index in [2.05, 4.69) is 10.9 Å². The Balaban J connectivity index is 1.67. The number of hydrogen-bond donors (Lipinski definition) is 2. The number of benzene rings is 2. The number of hydrogen-bond acceptors (Lipinski definition) is 5. The van der Waals surface area contributed by atoms with Gasteiger partial charge in [-0.1, -0.05) is 18.2 Å². The highest BCUT2D eigenvalue weighted by atomic mass is 32.2. The average Bonchev–Trinajstić information content (AvgIpc) is 2.64. The molecule has 128 valence electrons. The van der Waals surface area contributed by atoms with Crippen molar-refractivity contribution in [2.45, 2.75) is 11.8 Å². The number of amides is 2. The van der Waals surface area contributed by atoms with Gasteiger partial charge in [-0.25, -0.2) is 0 Å². The molecule has 0 atom stereocenters. The maximum Gasteiger partial charge on any atom is 0.276 e. The maximum absolute atomic E-state index is 11.8. The molecule has 2 N–H and O–H groups in total. The zero-order valence-corrected chi connectivity index (χ0v) is 14.4. The number of thioether (sulfide) groups is 1. The summed E-state index contributed by atoms with van der Waals surface area (Å²) in [5, 5.41) is 8.70. The average molecular weight is 355 g/mol. The predicted octanol–water partition coefficient (Wildman–Crippen LogP) is 2.19. The van der Waals surface area contributed by atoms with Gasteiger partial charge >= 0.3 is 0 Å². The quantitative estimate of drug-likeness (QED) is 0.612. The highest BCUT2D eigenvalue weighted by Crippen LogP contribution is 2.21. The van der Waals surface area contributed by atoms with Gasteiger partial charge < -0.3 is 4.74 Å². The molecule has 0 bridgehead atoms. The van der Waals surface area contributed by atoms with E-state index in [-0.39, 0.29) is 18.3 Å². The molecule has 2 amide bonds. The van der Waals surface area contributed by atoms with Gasteiger partial charge in [0.1, 0.15) is 5.75 Å². The summed E-state index contributed by atoms with van der Waals surface area (Å²) in [6.07, 6.45) is 0. The summed E-state index contributed by atoms with van der Waals surface area (Å²) in [4.78, 5) is 24.4. The van der Waals surface area contributed by atoms with Crippen LogP contribution in [0.2, 0.25) is 0 Å². The van der Waals surface area contributed by atoms with E-state index in [1.165, 1.54) is 11.8 Å². The Hall–Kier alpha value is -2.98. The van der Waals surface area contributed by atoms with Crippen molar-refractivity contribution in [1.29, 1.82) is 5.26 Å². The van der Waals surface area contributed by atoms with Crippen molar-refractivity contribution in [2.75, 3.05) is 12.4 Å². The van der Waals surface area contributed by atoms with Crippen molar-refractivity contribution < 1.29 is 14.3 Å². The first kappa shape index (κ1) is 18.4. The fraction of sp³-hybridized carbons (Fsp3) is 0.167. The lowest BCUT2D eigenvalue weighted by molar-refractivity contribution is -0.128. The zero-order chi connectivity index (χ0) is 18.1. The first-order valence-corrected chi connectivity index (χ1v) is 8.46. The Bertz CT molecular complexity index is 785. The molecule has 2 aromatic carbocycles. The third-order valence-electron chi connectivity index (χ3n) is 3.15. The van der Waals surface area contributed by atoms with Crippen LogP contribution in [-0.2, 0) is 9.59 Å². The number of carbonyl (C=O) groups is 2. The molecule has 0 saturated heterocycles. The fourth-order valence-electron chi connectivity index (χ4n) is 1.85. The standard InChI is InChI=1S/C18H17N3O3S/c1-13-4-2-3-5-16(13)25-12-18(23)21-20-17(22)11-24-15-8-6-14(10-19)7-9-15/h2-9H,11-12H2,1H3,(H,20,22)(H,21,23). The smallest absolute Gasteiger partial charge is 0.276 e. The Labute approximate surface area is 150 Å². The molecule has 0 heterocycles. The minimum atomic E-state index is -0.474. The molecule has 0 saturated carbocycles. The SMILES string of the molecule is Cc1ccccc1SCC(=O)NNC(=O)COc1ccc(C#N)cc1. The second-order valence-electron chi connectivity index (χ2n) is 5.08. The van der Waals surface area contributed by atoms with Crippen molar-refractivity contribution in [1.82, 2.24) is 10.9 Å². The largest absolute Gasteiger partial charge is 0.484 e. The Morgan fingerprint density at radius 2 is 1.76 bits per heavy atom. The fourth-order valence-corrected chi connectivity index (χ4v) is 2.68. The van der Waals surface area contributed by atoms with Crippen molar-refractivity contribution in [3.05, 3.63) is 59.7 Å². The summed E-state index contributed by atoms with van der Waals surface area (Å²) in [5.41, 5.74) is 6.25. The molecule has 2 rings (SSSR count). The van der Waals surface area contributed by atoms with Crippen molar-refractivity contribution in [2.24, 2.45) is 0 Å².